The second kappa shape index (κ2) is 8.24. The number of carbonyl (C=O) groups excluding carboxylic acids is 1. The van der Waals surface area contributed by atoms with Gasteiger partial charge in [0.05, 0.1) is 25.3 Å². The number of fused-ring (bicyclic) bond motifs is 1. The van der Waals surface area contributed by atoms with Crippen LogP contribution in [0.4, 0.5) is 10.1 Å². The molecule has 0 unspecified atom stereocenters. The number of rotatable bonds is 6. The van der Waals surface area contributed by atoms with Crippen LogP contribution in [0.5, 0.6) is 11.5 Å². The van der Waals surface area contributed by atoms with E-state index in [9.17, 15) is 9.18 Å². The van der Waals surface area contributed by atoms with Crippen molar-refractivity contribution in [2.45, 2.75) is 6.42 Å². The summed E-state index contributed by atoms with van der Waals surface area (Å²) in [4.78, 5) is 20.3. The van der Waals surface area contributed by atoms with Crippen molar-refractivity contribution in [3.63, 3.8) is 0 Å². The predicted octanol–water partition coefficient (Wildman–Crippen LogP) is 4.56. The molecule has 0 fully saturated rings. The Labute approximate surface area is 172 Å². The number of methoxy groups -OCH3 is 2. The average Bonchev–Trinajstić information content (AvgIpc) is 3.16. The third kappa shape index (κ3) is 3.96. The number of hydrogen-bond acceptors (Lipinski definition) is 4. The van der Waals surface area contributed by atoms with Crippen LogP contribution in [-0.2, 0) is 6.42 Å². The molecule has 30 heavy (non-hydrogen) atoms. The quantitative estimate of drug-likeness (QED) is 0.493. The highest BCUT2D eigenvalue weighted by atomic mass is 19.1. The highest BCUT2D eigenvalue weighted by molar-refractivity contribution is 6.05. The Kier molecular flexibility index (Phi) is 5.34. The molecule has 4 aromatic rings. The molecule has 6 nitrogen and oxygen atoms in total. The smallest absolute Gasteiger partial charge is 0.255 e. The molecule has 0 saturated carbocycles. The van der Waals surface area contributed by atoms with E-state index in [4.69, 9.17) is 9.47 Å². The summed E-state index contributed by atoms with van der Waals surface area (Å²) in [5.74, 6) is 1.14. The Balaban J connectivity index is 1.54. The van der Waals surface area contributed by atoms with E-state index in [0.29, 0.717) is 40.6 Å². The number of anilines is 1. The molecule has 0 aliphatic carbocycles. The third-order valence-electron chi connectivity index (χ3n) is 4.75. The van der Waals surface area contributed by atoms with Crippen LogP contribution >= 0.6 is 0 Å². The molecule has 0 atom stereocenters. The normalized spacial score (nSPS) is 10.8. The van der Waals surface area contributed by atoms with Gasteiger partial charge in [-0.15, -0.1) is 0 Å². The van der Waals surface area contributed by atoms with Gasteiger partial charge in [0.1, 0.15) is 11.6 Å². The maximum Gasteiger partial charge on any atom is 0.255 e. The predicted molar refractivity (Wildman–Crippen MR) is 113 cm³/mol. The van der Waals surface area contributed by atoms with E-state index < -0.39 is 0 Å². The minimum absolute atomic E-state index is 0.263. The van der Waals surface area contributed by atoms with E-state index in [1.54, 1.807) is 54.6 Å². The fraction of sp³-hybridized carbons (Fsp3) is 0.130. The van der Waals surface area contributed by atoms with Crippen LogP contribution in [0.15, 0.2) is 60.7 Å². The summed E-state index contributed by atoms with van der Waals surface area (Å²) < 4.78 is 24.3. The fourth-order valence-electron chi connectivity index (χ4n) is 3.23. The van der Waals surface area contributed by atoms with Crippen LogP contribution in [0.3, 0.4) is 0 Å². The van der Waals surface area contributed by atoms with Gasteiger partial charge in [0.2, 0.25) is 0 Å². The van der Waals surface area contributed by atoms with E-state index in [1.807, 2.05) is 0 Å². The van der Waals surface area contributed by atoms with Crippen molar-refractivity contribution >= 4 is 22.6 Å². The molecule has 1 amide bonds. The van der Waals surface area contributed by atoms with Gasteiger partial charge in [0, 0.05) is 17.7 Å². The zero-order valence-corrected chi connectivity index (χ0v) is 16.5. The number of aromatic nitrogens is 2. The molecule has 0 aliphatic rings. The number of amides is 1. The number of ether oxygens (including phenoxy) is 2. The molecule has 0 radical (unpaired) electrons. The van der Waals surface area contributed by atoms with E-state index in [2.05, 4.69) is 15.3 Å². The van der Waals surface area contributed by atoms with Crippen molar-refractivity contribution in [1.29, 1.82) is 0 Å². The number of nitrogens with one attached hydrogen (secondary N) is 2. The first-order valence-corrected chi connectivity index (χ1v) is 9.33. The van der Waals surface area contributed by atoms with Crippen LogP contribution in [0, 0.1) is 5.82 Å². The third-order valence-corrected chi connectivity index (χ3v) is 4.75. The maximum absolute atomic E-state index is 13.9. The van der Waals surface area contributed by atoms with Crippen LogP contribution in [0.25, 0.3) is 11.0 Å². The Bertz CT molecular complexity index is 1220. The Morgan fingerprint density at radius 3 is 2.60 bits per heavy atom. The zero-order valence-electron chi connectivity index (χ0n) is 16.5. The number of aromatic amines is 1. The van der Waals surface area contributed by atoms with Crippen molar-refractivity contribution < 1.29 is 18.7 Å². The van der Waals surface area contributed by atoms with Gasteiger partial charge in [-0.1, -0.05) is 18.2 Å². The summed E-state index contributed by atoms with van der Waals surface area (Å²) in [5, 5.41) is 2.86. The monoisotopic (exact) mass is 405 g/mol. The van der Waals surface area contributed by atoms with Gasteiger partial charge in [-0.05, 0) is 48.0 Å². The number of nitrogens with zero attached hydrogens (tertiary/aromatic N) is 1. The number of H-pyrrole nitrogens is 1. The van der Waals surface area contributed by atoms with Crippen LogP contribution in [0.1, 0.15) is 21.7 Å². The molecule has 7 heteroatoms. The van der Waals surface area contributed by atoms with E-state index in [0.717, 1.165) is 11.0 Å². The van der Waals surface area contributed by atoms with Gasteiger partial charge < -0.3 is 19.8 Å². The van der Waals surface area contributed by atoms with E-state index in [1.165, 1.54) is 20.3 Å². The van der Waals surface area contributed by atoms with Crippen molar-refractivity contribution in [1.82, 2.24) is 9.97 Å². The second-order valence-corrected chi connectivity index (χ2v) is 6.71. The number of benzene rings is 3. The molecular weight excluding hydrogens is 385 g/mol. The van der Waals surface area contributed by atoms with Crippen LogP contribution in [0.2, 0.25) is 0 Å². The lowest BCUT2D eigenvalue weighted by Crippen LogP contribution is -2.12. The molecule has 0 aliphatic heterocycles. The van der Waals surface area contributed by atoms with Gasteiger partial charge >= 0.3 is 0 Å². The second-order valence-electron chi connectivity index (χ2n) is 6.71. The molecule has 0 saturated heterocycles. The largest absolute Gasteiger partial charge is 0.493 e. The summed E-state index contributed by atoms with van der Waals surface area (Å²) >= 11 is 0. The summed E-state index contributed by atoms with van der Waals surface area (Å²) in [6.45, 7) is 0. The van der Waals surface area contributed by atoms with Crippen molar-refractivity contribution in [3.05, 3.63) is 83.4 Å². The van der Waals surface area contributed by atoms with Gasteiger partial charge in [-0.3, -0.25) is 4.79 Å². The SMILES string of the molecule is COc1ccc(C(=O)Nc2ccc3nc(Cc4ccccc4F)[nH]c3c2)cc1OC. The highest BCUT2D eigenvalue weighted by Crippen LogP contribution is 2.28. The van der Waals surface area contributed by atoms with Gasteiger partial charge in [-0.2, -0.15) is 0 Å². The van der Waals surface area contributed by atoms with Crippen LogP contribution < -0.4 is 14.8 Å². The summed E-state index contributed by atoms with van der Waals surface area (Å²) in [7, 11) is 3.06. The summed E-state index contributed by atoms with van der Waals surface area (Å²) in [6, 6.07) is 17.0. The Morgan fingerprint density at radius 2 is 1.83 bits per heavy atom. The zero-order chi connectivity index (χ0) is 21.1. The fourth-order valence-corrected chi connectivity index (χ4v) is 3.23. The number of halogens is 1. The van der Waals surface area contributed by atoms with Gasteiger partial charge in [0.15, 0.2) is 11.5 Å². The number of hydrogen-bond donors (Lipinski definition) is 2. The molecule has 0 spiro atoms. The lowest BCUT2D eigenvalue weighted by molar-refractivity contribution is 0.102. The average molecular weight is 405 g/mol. The van der Waals surface area contributed by atoms with E-state index >= 15 is 0 Å². The lowest BCUT2D eigenvalue weighted by Gasteiger charge is -2.10. The number of imidazole rings is 1. The topological polar surface area (TPSA) is 76.2 Å². The molecule has 3 aromatic carbocycles. The Hall–Kier alpha value is -3.87. The molecule has 152 valence electrons. The molecule has 4 rings (SSSR count). The van der Waals surface area contributed by atoms with Crippen LogP contribution in [-0.4, -0.2) is 30.1 Å². The Morgan fingerprint density at radius 1 is 1.03 bits per heavy atom. The highest BCUT2D eigenvalue weighted by Gasteiger charge is 2.12. The summed E-state index contributed by atoms with van der Waals surface area (Å²) in [5.41, 5.74) is 3.12. The maximum atomic E-state index is 13.9. The standard InChI is InChI=1S/C23H20FN3O3/c1-29-20-10-7-15(11-21(20)30-2)23(28)25-16-8-9-18-19(13-16)27-22(26-18)12-14-5-3-4-6-17(14)24/h3-11,13H,12H2,1-2H3,(H,25,28)(H,26,27). The first-order chi connectivity index (χ1) is 14.6. The van der Waals surface area contributed by atoms with E-state index in [-0.39, 0.29) is 11.7 Å². The lowest BCUT2D eigenvalue weighted by atomic mass is 10.1. The minimum atomic E-state index is -0.276. The summed E-state index contributed by atoms with van der Waals surface area (Å²) in [6.07, 6.45) is 0.356. The molecular formula is C23H20FN3O3. The van der Waals surface area contributed by atoms with Crippen molar-refractivity contribution in [2.75, 3.05) is 19.5 Å². The van der Waals surface area contributed by atoms with Gasteiger partial charge in [-0.25, -0.2) is 9.37 Å². The first-order valence-electron chi connectivity index (χ1n) is 9.33. The van der Waals surface area contributed by atoms with Gasteiger partial charge in [0.25, 0.3) is 5.91 Å². The molecule has 1 aromatic heterocycles. The first kappa shape index (κ1) is 19.4. The molecule has 1 heterocycles. The minimum Gasteiger partial charge on any atom is -0.493 e. The van der Waals surface area contributed by atoms with Crippen molar-refractivity contribution in [2.24, 2.45) is 0 Å². The van der Waals surface area contributed by atoms with Crippen molar-refractivity contribution in [3.8, 4) is 11.5 Å². The number of carbonyl (C=O) groups is 1. The molecule has 2 N–H and O–H groups in total. The molecule has 0 bridgehead atoms.